The van der Waals surface area contributed by atoms with Crippen molar-refractivity contribution in [2.75, 3.05) is 7.05 Å². The first-order chi connectivity index (χ1) is 6.47. The van der Waals surface area contributed by atoms with Crippen LogP contribution in [0.25, 0.3) is 0 Å². The van der Waals surface area contributed by atoms with E-state index in [4.69, 9.17) is 0 Å². The molecule has 1 aromatic carbocycles. The lowest BCUT2D eigenvalue weighted by atomic mass is 9.91. The van der Waals surface area contributed by atoms with Gasteiger partial charge in [0.05, 0.1) is 6.10 Å². The minimum Gasteiger partial charge on any atom is -0.387 e. The Hall–Kier alpha value is -0.860. The van der Waals surface area contributed by atoms with E-state index in [1.165, 1.54) is 5.56 Å². The summed E-state index contributed by atoms with van der Waals surface area (Å²) in [5.74, 6) is 0. The maximum atomic E-state index is 10.1. The predicted octanol–water partition coefficient (Wildman–Crippen LogP) is 2.03. The molecule has 0 aliphatic carbocycles. The Morgan fingerprint density at radius 3 is 2.50 bits per heavy atom. The summed E-state index contributed by atoms with van der Waals surface area (Å²) in [7, 11) is 1.86. The Morgan fingerprint density at radius 1 is 1.36 bits per heavy atom. The molecule has 0 saturated heterocycles. The Labute approximate surface area is 86.0 Å². The van der Waals surface area contributed by atoms with E-state index in [-0.39, 0.29) is 5.54 Å². The minimum absolute atomic E-state index is 0.298. The van der Waals surface area contributed by atoms with Crippen molar-refractivity contribution >= 4 is 0 Å². The Morgan fingerprint density at radius 2 is 2.00 bits per heavy atom. The van der Waals surface area contributed by atoms with Crippen molar-refractivity contribution in [2.45, 2.75) is 32.4 Å². The molecule has 1 unspecified atom stereocenters. The summed E-state index contributed by atoms with van der Waals surface area (Å²) in [6.07, 6.45) is -0.479. The molecule has 2 nitrogen and oxygen atoms in total. The van der Waals surface area contributed by atoms with Gasteiger partial charge in [0, 0.05) is 5.54 Å². The van der Waals surface area contributed by atoms with Gasteiger partial charge in [0.1, 0.15) is 0 Å². The fraction of sp³-hybridized carbons (Fsp3) is 0.500. The highest BCUT2D eigenvalue weighted by atomic mass is 16.3. The van der Waals surface area contributed by atoms with Crippen LogP contribution >= 0.6 is 0 Å². The molecule has 0 amide bonds. The first-order valence-corrected chi connectivity index (χ1v) is 4.91. The molecule has 0 fully saturated rings. The normalized spacial score (nSPS) is 14.1. The second-order valence-corrected chi connectivity index (χ2v) is 4.29. The molecule has 0 aliphatic heterocycles. The topological polar surface area (TPSA) is 32.3 Å². The maximum absolute atomic E-state index is 10.1. The van der Waals surface area contributed by atoms with Crippen LogP contribution < -0.4 is 5.32 Å². The van der Waals surface area contributed by atoms with Gasteiger partial charge in [-0.25, -0.2) is 0 Å². The van der Waals surface area contributed by atoms with E-state index in [1.807, 2.05) is 52.1 Å². The van der Waals surface area contributed by atoms with E-state index in [0.29, 0.717) is 0 Å². The number of aliphatic hydroxyl groups excluding tert-OH is 1. The highest BCUT2D eigenvalue weighted by Crippen LogP contribution is 2.25. The lowest BCUT2D eigenvalue weighted by Gasteiger charge is -2.30. The fourth-order valence-corrected chi connectivity index (χ4v) is 1.39. The van der Waals surface area contributed by atoms with Gasteiger partial charge in [-0.05, 0) is 33.4 Å². The van der Waals surface area contributed by atoms with Crippen LogP contribution in [0.3, 0.4) is 0 Å². The van der Waals surface area contributed by atoms with E-state index < -0.39 is 6.10 Å². The molecule has 0 heterocycles. The van der Waals surface area contributed by atoms with Gasteiger partial charge in [-0.3, -0.25) is 0 Å². The SMILES string of the molecule is CNC(C)(C)C(O)c1cccc(C)c1. The molecule has 78 valence electrons. The van der Waals surface area contributed by atoms with Gasteiger partial charge in [0.25, 0.3) is 0 Å². The Bertz CT molecular complexity index is 307. The summed E-state index contributed by atoms with van der Waals surface area (Å²) in [4.78, 5) is 0. The summed E-state index contributed by atoms with van der Waals surface area (Å²) < 4.78 is 0. The van der Waals surface area contributed by atoms with Gasteiger partial charge in [-0.2, -0.15) is 0 Å². The van der Waals surface area contributed by atoms with Crippen molar-refractivity contribution in [3.63, 3.8) is 0 Å². The lowest BCUT2D eigenvalue weighted by molar-refractivity contribution is 0.0854. The van der Waals surface area contributed by atoms with Crippen LogP contribution in [0.4, 0.5) is 0 Å². The Balaban J connectivity index is 2.94. The molecule has 1 rings (SSSR count). The number of aliphatic hydroxyl groups is 1. The molecule has 1 aromatic rings. The molecule has 14 heavy (non-hydrogen) atoms. The molecule has 0 spiro atoms. The number of rotatable bonds is 3. The summed E-state index contributed by atoms with van der Waals surface area (Å²) >= 11 is 0. The average molecular weight is 193 g/mol. The summed E-state index contributed by atoms with van der Waals surface area (Å²) in [5.41, 5.74) is 1.84. The van der Waals surface area contributed by atoms with Crippen LogP contribution in [0.2, 0.25) is 0 Å². The summed E-state index contributed by atoms with van der Waals surface area (Å²) in [6.45, 7) is 6.00. The van der Waals surface area contributed by atoms with Crippen LogP contribution in [0, 0.1) is 6.92 Å². The van der Waals surface area contributed by atoms with Crippen LogP contribution in [0.15, 0.2) is 24.3 Å². The quantitative estimate of drug-likeness (QED) is 0.770. The standard InChI is InChI=1S/C12H19NO/c1-9-6-5-7-10(8-9)11(14)12(2,3)13-4/h5-8,11,13-14H,1-4H3. The fourth-order valence-electron chi connectivity index (χ4n) is 1.39. The molecule has 2 N–H and O–H groups in total. The highest BCUT2D eigenvalue weighted by molar-refractivity contribution is 5.26. The first kappa shape index (κ1) is 11.2. The van der Waals surface area contributed by atoms with Crippen LogP contribution in [-0.4, -0.2) is 17.7 Å². The van der Waals surface area contributed by atoms with Crippen molar-refractivity contribution in [1.82, 2.24) is 5.32 Å². The monoisotopic (exact) mass is 193 g/mol. The average Bonchev–Trinajstić information content (AvgIpc) is 2.16. The third-order valence-corrected chi connectivity index (χ3v) is 2.69. The molecular weight excluding hydrogens is 174 g/mol. The summed E-state index contributed by atoms with van der Waals surface area (Å²) in [6, 6.07) is 7.97. The summed E-state index contributed by atoms with van der Waals surface area (Å²) in [5, 5.41) is 13.2. The highest BCUT2D eigenvalue weighted by Gasteiger charge is 2.26. The molecule has 0 radical (unpaired) electrons. The van der Waals surface area contributed by atoms with Crippen LogP contribution in [-0.2, 0) is 0 Å². The zero-order valence-electron chi connectivity index (χ0n) is 9.33. The molecule has 0 aliphatic rings. The van der Waals surface area contributed by atoms with E-state index in [9.17, 15) is 5.11 Å². The van der Waals surface area contributed by atoms with Gasteiger partial charge in [0.15, 0.2) is 0 Å². The van der Waals surface area contributed by atoms with Gasteiger partial charge in [-0.1, -0.05) is 29.8 Å². The largest absolute Gasteiger partial charge is 0.387 e. The zero-order valence-corrected chi connectivity index (χ0v) is 9.33. The van der Waals surface area contributed by atoms with Gasteiger partial charge < -0.3 is 10.4 Å². The smallest absolute Gasteiger partial charge is 0.0966 e. The lowest BCUT2D eigenvalue weighted by Crippen LogP contribution is -2.42. The van der Waals surface area contributed by atoms with E-state index in [1.54, 1.807) is 0 Å². The van der Waals surface area contributed by atoms with E-state index in [2.05, 4.69) is 5.32 Å². The molecule has 0 aromatic heterocycles. The van der Waals surface area contributed by atoms with E-state index >= 15 is 0 Å². The number of benzene rings is 1. The first-order valence-electron chi connectivity index (χ1n) is 4.91. The Kier molecular flexibility index (Phi) is 3.29. The number of hydrogen-bond acceptors (Lipinski definition) is 2. The molecule has 0 saturated carbocycles. The van der Waals surface area contributed by atoms with Crippen LogP contribution in [0.1, 0.15) is 31.1 Å². The van der Waals surface area contributed by atoms with E-state index in [0.717, 1.165) is 5.56 Å². The second-order valence-electron chi connectivity index (χ2n) is 4.29. The van der Waals surface area contributed by atoms with Crippen molar-refractivity contribution in [3.05, 3.63) is 35.4 Å². The van der Waals surface area contributed by atoms with Gasteiger partial charge >= 0.3 is 0 Å². The van der Waals surface area contributed by atoms with Crippen molar-refractivity contribution in [3.8, 4) is 0 Å². The van der Waals surface area contributed by atoms with Crippen molar-refractivity contribution < 1.29 is 5.11 Å². The molecule has 0 bridgehead atoms. The third kappa shape index (κ3) is 2.34. The minimum atomic E-state index is -0.479. The van der Waals surface area contributed by atoms with Crippen molar-refractivity contribution in [1.29, 1.82) is 0 Å². The number of nitrogens with one attached hydrogen (secondary N) is 1. The predicted molar refractivity (Wildman–Crippen MR) is 59.3 cm³/mol. The van der Waals surface area contributed by atoms with Crippen molar-refractivity contribution in [2.24, 2.45) is 0 Å². The number of aryl methyl sites for hydroxylation is 1. The number of likely N-dealkylation sites (N-methyl/N-ethyl adjacent to an activating group) is 1. The molecule has 1 atom stereocenters. The maximum Gasteiger partial charge on any atom is 0.0966 e. The van der Waals surface area contributed by atoms with Gasteiger partial charge in [0.2, 0.25) is 0 Å². The van der Waals surface area contributed by atoms with Gasteiger partial charge in [-0.15, -0.1) is 0 Å². The molecule has 2 heteroatoms. The number of hydrogen-bond donors (Lipinski definition) is 2. The third-order valence-electron chi connectivity index (χ3n) is 2.69. The zero-order chi connectivity index (χ0) is 10.8. The second kappa shape index (κ2) is 4.11. The van der Waals surface area contributed by atoms with Crippen LogP contribution in [0.5, 0.6) is 0 Å². The molecular formula is C12H19NO.